The molecule has 27 heavy (non-hydrogen) atoms. The van der Waals surface area contributed by atoms with Gasteiger partial charge in [-0.05, 0) is 19.1 Å². The Balaban J connectivity index is 1.53. The van der Waals surface area contributed by atoms with Gasteiger partial charge in [0.15, 0.2) is 10.3 Å². The quantitative estimate of drug-likeness (QED) is 0.477. The number of thiazole rings is 2. The molecule has 4 rings (SSSR count). The number of halogens is 1. The zero-order chi connectivity index (χ0) is 18.8. The van der Waals surface area contributed by atoms with E-state index in [2.05, 4.69) is 20.3 Å². The summed E-state index contributed by atoms with van der Waals surface area (Å²) in [6, 6.07) is 11.8. The molecule has 1 aromatic carbocycles. The van der Waals surface area contributed by atoms with Crippen molar-refractivity contribution in [3.63, 3.8) is 0 Å². The summed E-state index contributed by atoms with van der Waals surface area (Å²) in [5, 5.41) is 6.06. The second kappa shape index (κ2) is 7.56. The first-order valence-corrected chi connectivity index (χ1v) is 10.1. The van der Waals surface area contributed by atoms with Crippen LogP contribution in [-0.4, -0.2) is 20.9 Å². The molecule has 0 aliphatic carbocycles. The van der Waals surface area contributed by atoms with Crippen LogP contribution in [0.15, 0.2) is 54.2 Å². The summed E-state index contributed by atoms with van der Waals surface area (Å²) in [4.78, 5) is 25.8. The number of hydrogen-bond acceptors (Lipinski definition) is 6. The van der Waals surface area contributed by atoms with E-state index in [-0.39, 0.29) is 11.1 Å². The van der Waals surface area contributed by atoms with Gasteiger partial charge in [-0.25, -0.2) is 9.97 Å². The van der Waals surface area contributed by atoms with Crippen molar-refractivity contribution >= 4 is 45.3 Å². The van der Waals surface area contributed by atoms with Gasteiger partial charge in [-0.3, -0.25) is 15.1 Å². The Kier molecular flexibility index (Phi) is 4.98. The smallest absolute Gasteiger partial charge is 0.270 e. The van der Waals surface area contributed by atoms with Crippen LogP contribution in [0.5, 0.6) is 0 Å². The molecule has 134 valence electrons. The third-order valence-corrected chi connectivity index (χ3v) is 6.02. The van der Waals surface area contributed by atoms with Gasteiger partial charge >= 0.3 is 0 Å². The zero-order valence-corrected chi connectivity index (χ0v) is 16.5. The van der Waals surface area contributed by atoms with Gasteiger partial charge in [-0.2, -0.15) is 0 Å². The molecule has 4 aromatic rings. The Morgan fingerprint density at radius 2 is 1.93 bits per heavy atom. The number of amides is 1. The molecule has 1 N–H and O–H groups in total. The number of anilines is 1. The normalized spacial score (nSPS) is 10.7. The van der Waals surface area contributed by atoms with Crippen molar-refractivity contribution in [1.82, 2.24) is 15.0 Å². The Morgan fingerprint density at radius 1 is 1.11 bits per heavy atom. The summed E-state index contributed by atoms with van der Waals surface area (Å²) in [6.07, 6.45) is 3.37. The maximum absolute atomic E-state index is 12.6. The largest absolute Gasteiger partial charge is 0.297 e. The van der Waals surface area contributed by atoms with Gasteiger partial charge in [0.1, 0.15) is 9.88 Å². The molecule has 1 amide bonds. The number of rotatable bonds is 4. The fourth-order valence-corrected chi connectivity index (χ4v) is 4.29. The molecule has 0 aliphatic rings. The van der Waals surface area contributed by atoms with E-state index in [1.807, 2.05) is 48.7 Å². The lowest BCUT2D eigenvalue weighted by Gasteiger charge is -1.99. The van der Waals surface area contributed by atoms with Gasteiger partial charge in [0.05, 0.1) is 5.69 Å². The van der Waals surface area contributed by atoms with Crippen molar-refractivity contribution in [1.29, 1.82) is 0 Å². The molecule has 5 nitrogen and oxygen atoms in total. The minimum Gasteiger partial charge on any atom is -0.297 e. The zero-order valence-electron chi connectivity index (χ0n) is 14.1. The number of hydrogen-bond donors (Lipinski definition) is 1. The fourth-order valence-electron chi connectivity index (χ4n) is 2.40. The highest BCUT2D eigenvalue weighted by Crippen LogP contribution is 2.32. The van der Waals surface area contributed by atoms with E-state index in [0.29, 0.717) is 15.0 Å². The van der Waals surface area contributed by atoms with Crippen LogP contribution in [0.3, 0.4) is 0 Å². The van der Waals surface area contributed by atoms with E-state index in [0.717, 1.165) is 16.8 Å². The molecule has 0 atom stereocenters. The van der Waals surface area contributed by atoms with E-state index in [1.54, 1.807) is 12.4 Å². The van der Waals surface area contributed by atoms with Crippen molar-refractivity contribution in [3.8, 4) is 21.8 Å². The van der Waals surface area contributed by atoms with Gasteiger partial charge in [-0.15, -0.1) is 22.7 Å². The highest BCUT2D eigenvalue weighted by atomic mass is 35.5. The van der Waals surface area contributed by atoms with E-state index >= 15 is 0 Å². The van der Waals surface area contributed by atoms with Crippen molar-refractivity contribution in [2.75, 3.05) is 5.32 Å². The number of nitrogens with one attached hydrogen (secondary N) is 1. The van der Waals surface area contributed by atoms with Crippen molar-refractivity contribution in [2.24, 2.45) is 0 Å². The molecule has 0 radical (unpaired) electrons. The fraction of sp³-hybridized carbons (Fsp3) is 0.0526. The first-order valence-electron chi connectivity index (χ1n) is 8.01. The first-order chi connectivity index (χ1) is 13.1. The Labute approximate surface area is 168 Å². The average molecular weight is 413 g/mol. The Hall–Kier alpha value is -2.61. The number of pyridine rings is 1. The topological polar surface area (TPSA) is 67.8 Å². The number of benzene rings is 1. The molecule has 0 spiro atoms. The molecule has 0 saturated carbocycles. The molecule has 0 aliphatic heterocycles. The predicted molar refractivity (Wildman–Crippen MR) is 111 cm³/mol. The van der Waals surface area contributed by atoms with Crippen LogP contribution >= 0.6 is 34.3 Å². The number of nitrogens with zero attached hydrogens (tertiary/aromatic N) is 3. The highest BCUT2D eigenvalue weighted by Gasteiger charge is 2.19. The average Bonchev–Trinajstić information content (AvgIpc) is 3.30. The molecule has 0 saturated heterocycles. The summed E-state index contributed by atoms with van der Waals surface area (Å²) in [5.41, 5.74) is 3.83. The standard InChI is InChI=1S/C19H13ClN4OS2/c1-11-4-6-12(7-5-11)14-10-26-19(22-14)24-17(25)15-16(20)23-18(27-15)13-3-2-8-21-9-13/h2-10H,1H3,(H,22,24,25). The summed E-state index contributed by atoms with van der Waals surface area (Å²) in [6.45, 7) is 2.04. The summed E-state index contributed by atoms with van der Waals surface area (Å²) < 4.78 is 0. The van der Waals surface area contributed by atoms with Crippen LogP contribution in [0, 0.1) is 6.92 Å². The molecule has 3 aromatic heterocycles. The third-order valence-electron chi connectivity index (χ3n) is 3.77. The minimum absolute atomic E-state index is 0.173. The van der Waals surface area contributed by atoms with Crippen LogP contribution in [0.25, 0.3) is 21.8 Å². The van der Waals surface area contributed by atoms with E-state index in [4.69, 9.17) is 11.6 Å². The minimum atomic E-state index is -0.322. The van der Waals surface area contributed by atoms with Crippen LogP contribution < -0.4 is 5.32 Å². The monoisotopic (exact) mass is 412 g/mol. The van der Waals surface area contributed by atoms with Crippen LogP contribution in [0.1, 0.15) is 15.2 Å². The van der Waals surface area contributed by atoms with Crippen LogP contribution in [-0.2, 0) is 0 Å². The maximum Gasteiger partial charge on any atom is 0.270 e. The van der Waals surface area contributed by atoms with Crippen molar-refractivity contribution < 1.29 is 4.79 Å². The Morgan fingerprint density at radius 3 is 2.67 bits per heavy atom. The molecule has 0 unspecified atom stereocenters. The molecule has 3 heterocycles. The second-order valence-corrected chi connectivity index (χ2v) is 7.95. The van der Waals surface area contributed by atoms with Crippen molar-refractivity contribution in [2.45, 2.75) is 6.92 Å². The van der Waals surface area contributed by atoms with E-state index in [9.17, 15) is 4.79 Å². The van der Waals surface area contributed by atoms with E-state index < -0.39 is 0 Å². The number of aromatic nitrogens is 3. The summed E-state index contributed by atoms with van der Waals surface area (Å²) in [5.74, 6) is -0.322. The molecule has 0 fully saturated rings. The van der Waals surface area contributed by atoms with Gasteiger partial charge < -0.3 is 0 Å². The lowest BCUT2D eigenvalue weighted by Crippen LogP contribution is -2.10. The Bertz CT molecular complexity index is 1090. The second-order valence-electron chi connectivity index (χ2n) is 5.74. The highest BCUT2D eigenvalue weighted by molar-refractivity contribution is 7.18. The van der Waals surface area contributed by atoms with Crippen molar-refractivity contribution in [3.05, 3.63) is 69.8 Å². The SMILES string of the molecule is Cc1ccc(-c2csc(NC(=O)c3sc(-c4cccnc4)nc3Cl)n2)cc1. The number of aryl methyl sites for hydroxylation is 1. The number of carbonyl (C=O) groups is 1. The van der Waals surface area contributed by atoms with E-state index in [1.165, 1.54) is 28.2 Å². The number of carbonyl (C=O) groups excluding carboxylic acids is 1. The van der Waals surface area contributed by atoms with Gasteiger partial charge in [0.2, 0.25) is 0 Å². The molecule has 8 heteroatoms. The first kappa shape index (κ1) is 17.8. The van der Waals surface area contributed by atoms with Crippen LogP contribution in [0.4, 0.5) is 5.13 Å². The van der Waals surface area contributed by atoms with Gasteiger partial charge in [0.25, 0.3) is 5.91 Å². The summed E-state index contributed by atoms with van der Waals surface area (Å²) in [7, 11) is 0. The molecular weight excluding hydrogens is 400 g/mol. The summed E-state index contributed by atoms with van der Waals surface area (Å²) >= 11 is 8.77. The van der Waals surface area contributed by atoms with Crippen LogP contribution in [0.2, 0.25) is 5.15 Å². The molecule has 0 bridgehead atoms. The lowest BCUT2D eigenvalue weighted by molar-refractivity contribution is 0.103. The van der Waals surface area contributed by atoms with Gasteiger partial charge in [0, 0.05) is 28.9 Å². The molecular formula is C19H13ClN4OS2. The lowest BCUT2D eigenvalue weighted by atomic mass is 10.1. The maximum atomic E-state index is 12.6. The third kappa shape index (κ3) is 3.90. The predicted octanol–water partition coefficient (Wildman–Crippen LogP) is 5.54. The van der Waals surface area contributed by atoms with Gasteiger partial charge in [-0.1, -0.05) is 41.4 Å².